The predicted octanol–water partition coefficient (Wildman–Crippen LogP) is 3.66. The van der Waals surface area contributed by atoms with Gasteiger partial charge in [0.25, 0.3) is 0 Å². The Morgan fingerprint density at radius 1 is 1.11 bits per heavy atom. The number of thiocarbonyl (C=S) groups is 1. The van der Waals surface area contributed by atoms with Gasteiger partial charge in [-0.1, -0.05) is 0 Å². The van der Waals surface area contributed by atoms with Crippen molar-refractivity contribution < 1.29 is 27.4 Å². The van der Waals surface area contributed by atoms with Gasteiger partial charge in [0.05, 0.1) is 31.0 Å². The molecular formula is C23H17F4N5O2S. The molecule has 0 aliphatic carbocycles. The van der Waals surface area contributed by atoms with Crippen LogP contribution in [0.4, 0.5) is 17.6 Å². The number of aromatic nitrogens is 1. The summed E-state index contributed by atoms with van der Waals surface area (Å²) in [6.45, 7) is -0.758. The zero-order valence-corrected chi connectivity index (χ0v) is 18.6. The second kappa shape index (κ2) is 9.46. The van der Waals surface area contributed by atoms with Crippen LogP contribution in [0.3, 0.4) is 0 Å². The number of hydrogen-bond donors (Lipinski definition) is 3. The van der Waals surface area contributed by atoms with Crippen molar-refractivity contribution in [2.24, 2.45) is 0 Å². The summed E-state index contributed by atoms with van der Waals surface area (Å²) in [5.41, 5.74) is -1.83. The van der Waals surface area contributed by atoms with Crippen LogP contribution >= 0.6 is 12.2 Å². The number of hydrogen-bond acceptors (Lipinski definition) is 6. The maximum atomic E-state index is 15.8. The van der Waals surface area contributed by atoms with Gasteiger partial charge in [-0.3, -0.25) is 9.99 Å². The number of ether oxygens (including phenoxy) is 1. The molecule has 1 unspecified atom stereocenters. The molecule has 1 saturated heterocycles. The fraction of sp³-hybridized carbons (Fsp3) is 0.174. The van der Waals surface area contributed by atoms with Crippen LogP contribution in [-0.2, 0) is 11.5 Å². The third-order valence-corrected chi connectivity index (χ3v) is 5.68. The molecule has 12 heteroatoms. The smallest absolute Gasteiger partial charge is 0.323 e. The molecule has 1 aliphatic rings. The molecule has 0 saturated carbocycles. The molecule has 1 aliphatic heterocycles. The first kappa shape index (κ1) is 24.3. The van der Waals surface area contributed by atoms with E-state index < -0.39 is 41.0 Å². The highest BCUT2D eigenvalue weighted by Gasteiger charge is 2.58. The summed E-state index contributed by atoms with van der Waals surface area (Å²) >= 11 is 5.04. The molecule has 35 heavy (non-hydrogen) atoms. The molecule has 1 aromatic heterocycles. The Labute approximate surface area is 202 Å². The molecule has 0 radical (unpaired) electrons. The Morgan fingerprint density at radius 2 is 1.83 bits per heavy atom. The number of nitrogens with zero attached hydrogens (tertiary/aromatic N) is 3. The molecule has 7 nitrogen and oxygen atoms in total. The van der Waals surface area contributed by atoms with Crippen LogP contribution in [0.1, 0.15) is 16.8 Å². The van der Waals surface area contributed by atoms with Gasteiger partial charge in [0.2, 0.25) is 0 Å². The van der Waals surface area contributed by atoms with Crippen LogP contribution in [0.15, 0.2) is 60.8 Å². The first-order valence-electron chi connectivity index (χ1n) is 10.1. The highest BCUT2D eigenvalue weighted by atomic mass is 32.1. The number of alkyl halides is 2. The van der Waals surface area contributed by atoms with E-state index in [0.29, 0.717) is 17.4 Å². The highest BCUT2D eigenvalue weighted by Crippen LogP contribution is 2.46. The molecule has 3 N–H and O–H groups in total. The summed E-state index contributed by atoms with van der Waals surface area (Å²) in [6, 6.07) is 12.1. The molecule has 3 aromatic rings. The topological polar surface area (TPSA) is 93.4 Å². The van der Waals surface area contributed by atoms with E-state index in [1.165, 1.54) is 30.3 Å². The number of benzene rings is 2. The lowest BCUT2D eigenvalue weighted by molar-refractivity contribution is -0.205. The number of pyridine rings is 1. The van der Waals surface area contributed by atoms with Gasteiger partial charge in [-0.05, 0) is 60.7 Å². The molecule has 4 rings (SSSR count). The Morgan fingerprint density at radius 3 is 2.40 bits per heavy atom. The van der Waals surface area contributed by atoms with Gasteiger partial charge in [-0.2, -0.15) is 14.0 Å². The van der Waals surface area contributed by atoms with Crippen molar-refractivity contribution in [2.75, 3.05) is 13.2 Å². The quantitative estimate of drug-likeness (QED) is 0.332. The Kier molecular flexibility index (Phi) is 6.58. The summed E-state index contributed by atoms with van der Waals surface area (Å²) in [5, 5.41) is 23.9. The first-order valence-corrected chi connectivity index (χ1v) is 10.5. The normalized spacial score (nSPS) is 15.3. The predicted molar refractivity (Wildman–Crippen MR) is 120 cm³/mol. The van der Waals surface area contributed by atoms with Crippen molar-refractivity contribution in [3.05, 3.63) is 89.2 Å². The summed E-state index contributed by atoms with van der Waals surface area (Å²) in [7, 11) is 0. The fourth-order valence-electron chi connectivity index (χ4n) is 3.48. The molecular weight excluding hydrogens is 486 g/mol. The molecule has 0 amide bonds. The van der Waals surface area contributed by atoms with Crippen molar-refractivity contribution in [2.45, 2.75) is 11.5 Å². The van der Waals surface area contributed by atoms with Crippen molar-refractivity contribution in [1.82, 2.24) is 20.7 Å². The number of nitriles is 1. The van der Waals surface area contributed by atoms with E-state index in [1.54, 1.807) is 0 Å². The summed E-state index contributed by atoms with van der Waals surface area (Å²) in [6.07, 6.45) is 1.02. The van der Waals surface area contributed by atoms with Crippen molar-refractivity contribution >= 4 is 17.3 Å². The fourth-order valence-corrected chi connectivity index (χ4v) is 3.69. The largest absolute Gasteiger partial charge is 0.456 e. The average molecular weight is 503 g/mol. The molecule has 0 bridgehead atoms. The Hall–Kier alpha value is -3.79. The van der Waals surface area contributed by atoms with E-state index in [2.05, 4.69) is 15.7 Å². The minimum Gasteiger partial charge on any atom is -0.456 e. The van der Waals surface area contributed by atoms with E-state index in [9.17, 15) is 13.9 Å². The van der Waals surface area contributed by atoms with E-state index in [-0.39, 0.29) is 17.5 Å². The van der Waals surface area contributed by atoms with Crippen LogP contribution in [0.5, 0.6) is 11.5 Å². The van der Waals surface area contributed by atoms with Gasteiger partial charge in [0.1, 0.15) is 28.8 Å². The third kappa shape index (κ3) is 4.74. The van der Waals surface area contributed by atoms with E-state index in [0.717, 1.165) is 29.4 Å². The van der Waals surface area contributed by atoms with Crippen molar-refractivity contribution in [1.29, 1.82) is 5.26 Å². The maximum Gasteiger partial charge on any atom is 0.323 e. The van der Waals surface area contributed by atoms with Gasteiger partial charge in [0.15, 0.2) is 10.7 Å². The average Bonchev–Trinajstić information content (AvgIpc) is 3.23. The molecule has 180 valence electrons. The van der Waals surface area contributed by atoms with Crippen molar-refractivity contribution in [3.8, 4) is 17.6 Å². The minimum atomic E-state index is -4.15. The molecule has 1 fully saturated rings. The monoisotopic (exact) mass is 503 g/mol. The molecule has 2 heterocycles. The molecule has 1 atom stereocenters. The lowest BCUT2D eigenvalue weighted by Gasteiger charge is -2.38. The minimum absolute atomic E-state index is 0.0147. The highest BCUT2D eigenvalue weighted by molar-refractivity contribution is 7.80. The van der Waals surface area contributed by atoms with Crippen LogP contribution in [0.2, 0.25) is 0 Å². The maximum absolute atomic E-state index is 15.8. The van der Waals surface area contributed by atoms with Gasteiger partial charge in [-0.15, -0.1) is 0 Å². The number of β-amino-alcohol motifs (C(OH)–C–C–N with tert-alkyl or cyclic N) is 1. The van der Waals surface area contributed by atoms with Gasteiger partial charge in [-0.25, -0.2) is 14.2 Å². The summed E-state index contributed by atoms with van der Waals surface area (Å²) in [5.74, 6) is -6.05. The van der Waals surface area contributed by atoms with E-state index in [1.807, 2.05) is 6.07 Å². The summed E-state index contributed by atoms with van der Waals surface area (Å²) < 4.78 is 65.3. The van der Waals surface area contributed by atoms with E-state index in [4.69, 9.17) is 22.2 Å². The number of rotatable bonds is 7. The number of aliphatic hydroxyl groups is 1. The van der Waals surface area contributed by atoms with Gasteiger partial charge in [0, 0.05) is 11.6 Å². The third-order valence-electron chi connectivity index (χ3n) is 5.31. The zero-order chi connectivity index (χ0) is 25.2. The molecule has 2 aromatic carbocycles. The number of hydrazine groups is 1. The lowest BCUT2D eigenvalue weighted by atomic mass is 9.84. The summed E-state index contributed by atoms with van der Waals surface area (Å²) in [4.78, 5) is 3.74. The second-order valence-electron chi connectivity index (χ2n) is 7.58. The zero-order valence-electron chi connectivity index (χ0n) is 17.8. The van der Waals surface area contributed by atoms with E-state index >= 15 is 8.78 Å². The van der Waals surface area contributed by atoms with Crippen LogP contribution in [0.25, 0.3) is 0 Å². The van der Waals surface area contributed by atoms with Gasteiger partial charge >= 0.3 is 5.92 Å². The van der Waals surface area contributed by atoms with Crippen molar-refractivity contribution in [3.63, 3.8) is 0 Å². The SMILES string of the molecule is N#Cc1ccc(Oc2ccc(C(F)(F)C(O)(CN3NCNC3=S)c3ccc(F)cc3F)nc2)cc1. The number of halogens is 4. The second-order valence-corrected chi connectivity index (χ2v) is 7.97. The molecule has 0 spiro atoms. The Balaban J connectivity index is 1.67. The Bertz CT molecular complexity index is 1280. The standard InChI is InChI=1S/C23H17F4N5O2S/c24-15-3-7-18(19(25)9-15)22(33,12-32-21(35)30-13-31-32)23(26,27)20-8-6-17(11-29-20)34-16-4-1-14(10-28)2-5-16/h1-9,11,31,33H,12-13H2,(H,30,35). The lowest BCUT2D eigenvalue weighted by Crippen LogP contribution is -2.54. The first-order chi connectivity index (χ1) is 16.6. The van der Waals surface area contributed by atoms with Gasteiger partial charge < -0.3 is 15.2 Å². The van der Waals surface area contributed by atoms with Crippen LogP contribution in [0, 0.1) is 23.0 Å². The van der Waals surface area contributed by atoms with Crippen LogP contribution < -0.4 is 15.5 Å². The van der Waals surface area contributed by atoms with Crippen LogP contribution in [-0.4, -0.2) is 33.4 Å². The number of nitrogens with one attached hydrogen (secondary N) is 2.